The number of ketones is 2. The second kappa shape index (κ2) is 7.09. The molecule has 4 rings (SSSR count). The van der Waals surface area contributed by atoms with E-state index in [-0.39, 0.29) is 30.0 Å². The molecule has 0 radical (unpaired) electrons. The summed E-state index contributed by atoms with van der Waals surface area (Å²) in [7, 11) is 0. The van der Waals surface area contributed by atoms with Gasteiger partial charge in [0.1, 0.15) is 5.60 Å². The molecule has 0 saturated heterocycles. The minimum absolute atomic E-state index is 0.000692. The van der Waals surface area contributed by atoms with Gasteiger partial charge in [-0.25, -0.2) is 0 Å². The largest absolute Gasteiger partial charge is 0.458 e. The summed E-state index contributed by atoms with van der Waals surface area (Å²) in [5.74, 6) is -1.44. The van der Waals surface area contributed by atoms with E-state index in [0.29, 0.717) is 6.42 Å². The number of aliphatic hydroxyl groups is 2. The van der Waals surface area contributed by atoms with Crippen molar-refractivity contribution in [2.45, 2.75) is 69.4 Å². The van der Waals surface area contributed by atoms with Gasteiger partial charge in [-0.3, -0.25) is 14.4 Å². The summed E-state index contributed by atoms with van der Waals surface area (Å²) in [4.78, 5) is 36.4. The van der Waals surface area contributed by atoms with Crippen LogP contribution in [0.2, 0.25) is 0 Å². The molecule has 6 nitrogen and oxygen atoms in total. The van der Waals surface area contributed by atoms with Gasteiger partial charge in [0.05, 0.1) is 10.4 Å². The van der Waals surface area contributed by atoms with Crippen LogP contribution >= 0.6 is 15.9 Å². The van der Waals surface area contributed by atoms with E-state index < -0.39 is 45.2 Å². The average molecular weight is 495 g/mol. The second-order valence-corrected chi connectivity index (χ2v) is 11.7. The molecule has 0 spiro atoms. The third-order valence-corrected chi connectivity index (χ3v) is 11.0. The third kappa shape index (κ3) is 2.78. The molecule has 3 saturated carbocycles. The van der Waals surface area contributed by atoms with Gasteiger partial charge in [0.25, 0.3) is 0 Å². The van der Waals surface area contributed by atoms with Crippen molar-refractivity contribution in [2.75, 3.05) is 6.61 Å². The SMILES string of the molecule is CC(=O)OCC(=O)[C@@]1(O)[C@H](C)C[C@H]2[C@@H]3CCC4=CC(=O)C=C[C@]4(C)C3(Br)[C@@H](O)C[C@@]21C. The van der Waals surface area contributed by atoms with Crippen LogP contribution in [-0.4, -0.2) is 50.4 Å². The summed E-state index contributed by atoms with van der Waals surface area (Å²) < 4.78 is 4.24. The van der Waals surface area contributed by atoms with E-state index in [0.717, 1.165) is 18.4 Å². The topological polar surface area (TPSA) is 101 Å². The monoisotopic (exact) mass is 494 g/mol. The van der Waals surface area contributed by atoms with Crippen molar-refractivity contribution >= 4 is 33.5 Å². The summed E-state index contributed by atoms with van der Waals surface area (Å²) in [6.45, 7) is 6.60. The van der Waals surface area contributed by atoms with Gasteiger partial charge in [-0.1, -0.05) is 48.4 Å². The number of Topliss-reactive ketones (excluding diaryl/α,β-unsaturated/α-hetero) is 1. The predicted octanol–water partition coefficient (Wildman–Crippen LogP) is 2.89. The molecule has 0 aromatic rings. The van der Waals surface area contributed by atoms with Gasteiger partial charge < -0.3 is 14.9 Å². The molecule has 4 aliphatic rings. The van der Waals surface area contributed by atoms with Crippen LogP contribution in [-0.2, 0) is 19.1 Å². The number of alkyl halides is 1. The Hall–Kier alpha value is -1.31. The van der Waals surface area contributed by atoms with Crippen LogP contribution in [0.15, 0.2) is 23.8 Å². The predicted molar refractivity (Wildman–Crippen MR) is 117 cm³/mol. The third-order valence-electron chi connectivity index (χ3n) is 9.05. The number of halogens is 1. The second-order valence-electron chi connectivity index (χ2n) is 10.4. The first-order chi connectivity index (χ1) is 14.3. The van der Waals surface area contributed by atoms with Crippen molar-refractivity contribution in [1.82, 2.24) is 0 Å². The van der Waals surface area contributed by atoms with E-state index in [1.807, 2.05) is 19.9 Å². The molecule has 8 atom stereocenters. The molecule has 31 heavy (non-hydrogen) atoms. The molecule has 0 aromatic carbocycles. The molecule has 0 aliphatic heterocycles. The summed E-state index contributed by atoms with van der Waals surface area (Å²) in [6.07, 6.45) is 6.70. The lowest BCUT2D eigenvalue weighted by atomic mass is 9.46. The lowest BCUT2D eigenvalue weighted by molar-refractivity contribution is -0.181. The van der Waals surface area contributed by atoms with E-state index in [4.69, 9.17) is 4.74 Å². The number of aliphatic hydroxyl groups excluding tert-OH is 1. The summed E-state index contributed by atoms with van der Waals surface area (Å²) >= 11 is 3.97. The van der Waals surface area contributed by atoms with Crippen molar-refractivity contribution < 1.29 is 29.3 Å². The van der Waals surface area contributed by atoms with E-state index >= 15 is 0 Å². The molecule has 0 heterocycles. The lowest BCUT2D eigenvalue weighted by Gasteiger charge is -2.64. The molecular formula is C24H31BrO6. The van der Waals surface area contributed by atoms with Gasteiger partial charge in [0.15, 0.2) is 12.4 Å². The Balaban J connectivity index is 1.76. The molecule has 3 fully saturated rings. The average Bonchev–Trinajstić information content (AvgIpc) is 2.89. The van der Waals surface area contributed by atoms with Crippen molar-refractivity contribution in [2.24, 2.45) is 28.6 Å². The highest BCUT2D eigenvalue weighted by molar-refractivity contribution is 9.10. The Labute approximate surface area is 191 Å². The molecule has 0 aromatic heterocycles. The van der Waals surface area contributed by atoms with Gasteiger partial charge in [0, 0.05) is 17.8 Å². The van der Waals surface area contributed by atoms with Crippen molar-refractivity contribution in [3.8, 4) is 0 Å². The normalized spacial score (nSPS) is 48.4. The van der Waals surface area contributed by atoms with Gasteiger partial charge in [-0.2, -0.15) is 0 Å². The first-order valence-corrected chi connectivity index (χ1v) is 11.8. The summed E-state index contributed by atoms with van der Waals surface area (Å²) in [5.41, 5.74) is -2.05. The first kappa shape index (κ1) is 22.9. The van der Waals surface area contributed by atoms with Gasteiger partial charge in [-0.15, -0.1) is 0 Å². The number of fused-ring (bicyclic) bond motifs is 5. The van der Waals surface area contributed by atoms with Crippen LogP contribution in [0.5, 0.6) is 0 Å². The highest BCUT2D eigenvalue weighted by Crippen LogP contribution is 2.71. The molecule has 4 aliphatic carbocycles. The molecule has 0 bridgehead atoms. The van der Waals surface area contributed by atoms with Gasteiger partial charge in [0.2, 0.25) is 5.78 Å². The van der Waals surface area contributed by atoms with E-state index in [9.17, 15) is 24.6 Å². The smallest absolute Gasteiger partial charge is 0.303 e. The number of esters is 1. The Bertz CT molecular complexity index is 910. The van der Waals surface area contributed by atoms with Crippen LogP contribution in [0.4, 0.5) is 0 Å². The number of rotatable bonds is 3. The van der Waals surface area contributed by atoms with Crippen LogP contribution in [0.25, 0.3) is 0 Å². The fraction of sp³-hybridized carbons (Fsp3) is 0.708. The molecule has 7 heteroatoms. The van der Waals surface area contributed by atoms with Gasteiger partial charge in [-0.05, 0) is 55.6 Å². The lowest BCUT2D eigenvalue weighted by Crippen LogP contribution is -2.68. The summed E-state index contributed by atoms with van der Waals surface area (Å²) in [6, 6.07) is 0. The van der Waals surface area contributed by atoms with Crippen LogP contribution in [0, 0.1) is 28.6 Å². The fourth-order valence-electron chi connectivity index (χ4n) is 7.42. The highest BCUT2D eigenvalue weighted by atomic mass is 79.9. The maximum absolute atomic E-state index is 13.1. The zero-order valence-electron chi connectivity index (χ0n) is 18.5. The van der Waals surface area contributed by atoms with Gasteiger partial charge >= 0.3 is 5.97 Å². The summed E-state index contributed by atoms with van der Waals surface area (Å²) in [5, 5.41) is 23.3. The number of ether oxygens (including phenoxy) is 1. The quantitative estimate of drug-likeness (QED) is 0.462. The Morgan fingerprint density at radius 3 is 2.61 bits per heavy atom. The minimum Gasteiger partial charge on any atom is -0.458 e. The van der Waals surface area contributed by atoms with E-state index in [1.54, 1.807) is 12.2 Å². The standard InChI is InChI=1S/C24H31BrO6/c1-13-9-18-17-6-5-15-10-16(27)7-8-21(15,3)23(17,25)19(28)11-22(18,4)24(13,30)20(29)12-31-14(2)26/h7-8,10,13,17-19,28,30H,5-6,9,11-12H2,1-4H3/t13-,17+,18+,19+,21+,22+,23?,24+/m1/s1. The number of hydrogen-bond acceptors (Lipinski definition) is 6. The maximum Gasteiger partial charge on any atom is 0.303 e. The van der Waals surface area contributed by atoms with Crippen LogP contribution < -0.4 is 0 Å². The highest BCUT2D eigenvalue weighted by Gasteiger charge is 2.74. The molecule has 2 N–H and O–H groups in total. The number of carbonyl (C=O) groups is 3. The number of allylic oxidation sites excluding steroid dienone is 4. The first-order valence-electron chi connectivity index (χ1n) is 11.0. The van der Waals surface area contributed by atoms with Crippen molar-refractivity contribution in [3.63, 3.8) is 0 Å². The van der Waals surface area contributed by atoms with Crippen LogP contribution in [0.3, 0.4) is 0 Å². The molecule has 1 unspecified atom stereocenters. The number of hydrogen-bond donors (Lipinski definition) is 2. The van der Waals surface area contributed by atoms with E-state index in [2.05, 4.69) is 22.9 Å². The zero-order chi connectivity index (χ0) is 23.0. The fourth-order valence-corrected chi connectivity index (χ4v) is 8.51. The molecule has 170 valence electrons. The molecule has 0 amide bonds. The Morgan fingerprint density at radius 2 is 1.97 bits per heavy atom. The Kier molecular flexibility index (Phi) is 5.23. The number of carbonyl (C=O) groups excluding carboxylic acids is 3. The molecular weight excluding hydrogens is 464 g/mol. The van der Waals surface area contributed by atoms with Crippen molar-refractivity contribution in [3.05, 3.63) is 23.8 Å². The maximum atomic E-state index is 13.1. The minimum atomic E-state index is -1.68. The van der Waals surface area contributed by atoms with Crippen LogP contribution in [0.1, 0.15) is 53.4 Å². The Morgan fingerprint density at radius 1 is 1.29 bits per heavy atom. The zero-order valence-corrected chi connectivity index (χ0v) is 20.1. The van der Waals surface area contributed by atoms with Crippen molar-refractivity contribution in [1.29, 1.82) is 0 Å². The van der Waals surface area contributed by atoms with E-state index in [1.165, 1.54) is 6.92 Å².